The van der Waals surface area contributed by atoms with E-state index in [-0.39, 0.29) is 29.3 Å². The lowest BCUT2D eigenvalue weighted by Gasteiger charge is -2.32. The second-order valence-electron chi connectivity index (χ2n) is 9.56. The van der Waals surface area contributed by atoms with Crippen LogP contribution in [0.4, 0.5) is 4.79 Å². The molecule has 4 rings (SSSR count). The Bertz CT molecular complexity index is 915. The second kappa shape index (κ2) is 7.57. The van der Waals surface area contributed by atoms with E-state index in [2.05, 4.69) is 0 Å². The summed E-state index contributed by atoms with van der Waals surface area (Å²) in [5.41, 5.74) is 1.73. The summed E-state index contributed by atoms with van der Waals surface area (Å²) in [6.07, 6.45) is 1.27. The van der Waals surface area contributed by atoms with Gasteiger partial charge in [0.1, 0.15) is 5.52 Å². The van der Waals surface area contributed by atoms with Crippen molar-refractivity contribution in [3.8, 4) is 0 Å². The van der Waals surface area contributed by atoms with Gasteiger partial charge in [0, 0.05) is 19.0 Å². The number of fused-ring (bicyclic) bond motifs is 1. The smallest absolute Gasteiger partial charge is 0.447 e. The summed E-state index contributed by atoms with van der Waals surface area (Å²) >= 11 is 0. The molecule has 0 N–H and O–H groups in total. The first-order chi connectivity index (χ1) is 14.1. The molecule has 7 nitrogen and oxygen atoms in total. The van der Waals surface area contributed by atoms with Gasteiger partial charge in [0.15, 0.2) is 11.5 Å². The van der Waals surface area contributed by atoms with Crippen molar-refractivity contribution < 1.29 is 23.3 Å². The average Bonchev–Trinajstić information content (AvgIpc) is 3.18. The molecule has 1 aromatic carbocycles. The molecule has 8 heteroatoms. The van der Waals surface area contributed by atoms with E-state index in [9.17, 15) is 4.79 Å². The van der Waals surface area contributed by atoms with Gasteiger partial charge in [-0.3, -0.25) is 0 Å². The Hall–Kier alpha value is -2.06. The minimum absolute atomic E-state index is 0.106. The standard InChI is InChI=1S/C22H31BN2O5/c1-14(2)27-20(26)25-11-9-15(10-12-25)19-24-17-13-16(7-8-18(17)28-19)23-29-21(3,4)22(5,6)30-23/h7-8,13-15H,9-12H2,1-6H3. The van der Waals surface area contributed by atoms with Crippen LogP contribution in [-0.4, -0.2) is 53.5 Å². The van der Waals surface area contributed by atoms with E-state index in [1.54, 1.807) is 4.90 Å². The number of rotatable bonds is 3. The Morgan fingerprint density at radius 3 is 2.40 bits per heavy atom. The molecule has 1 amide bonds. The van der Waals surface area contributed by atoms with E-state index in [4.69, 9.17) is 23.4 Å². The predicted octanol–water partition coefficient (Wildman–Crippen LogP) is 3.85. The highest BCUT2D eigenvalue weighted by Gasteiger charge is 2.51. The molecule has 2 fully saturated rings. The van der Waals surface area contributed by atoms with Gasteiger partial charge in [0.05, 0.1) is 17.3 Å². The summed E-state index contributed by atoms with van der Waals surface area (Å²) in [5.74, 6) is 0.925. The lowest BCUT2D eigenvalue weighted by atomic mass is 9.79. The molecule has 30 heavy (non-hydrogen) atoms. The van der Waals surface area contributed by atoms with Gasteiger partial charge in [0.25, 0.3) is 0 Å². The van der Waals surface area contributed by atoms with Crippen molar-refractivity contribution in [2.24, 2.45) is 0 Å². The minimum Gasteiger partial charge on any atom is -0.447 e. The minimum atomic E-state index is -0.422. The van der Waals surface area contributed by atoms with E-state index in [1.165, 1.54) is 0 Å². The molecule has 3 heterocycles. The number of ether oxygens (including phenoxy) is 1. The summed E-state index contributed by atoms with van der Waals surface area (Å²) in [5, 5.41) is 0. The van der Waals surface area contributed by atoms with Crippen molar-refractivity contribution in [3.63, 3.8) is 0 Å². The van der Waals surface area contributed by atoms with Crippen LogP contribution in [0.25, 0.3) is 11.1 Å². The van der Waals surface area contributed by atoms with E-state index in [0.29, 0.717) is 13.1 Å². The van der Waals surface area contributed by atoms with Crippen molar-refractivity contribution in [2.75, 3.05) is 13.1 Å². The summed E-state index contributed by atoms with van der Waals surface area (Å²) in [6, 6.07) is 5.89. The van der Waals surface area contributed by atoms with Gasteiger partial charge >= 0.3 is 13.2 Å². The summed E-state index contributed by atoms with van der Waals surface area (Å²) < 4.78 is 23.6. The predicted molar refractivity (Wildman–Crippen MR) is 115 cm³/mol. The normalized spacial score (nSPS) is 21.6. The molecule has 2 aliphatic heterocycles. The number of oxazole rings is 1. The number of hydrogen-bond donors (Lipinski definition) is 0. The molecular formula is C22H31BN2O5. The van der Waals surface area contributed by atoms with Gasteiger partial charge < -0.3 is 23.4 Å². The summed E-state index contributed by atoms with van der Waals surface area (Å²) in [4.78, 5) is 18.6. The molecule has 1 aromatic heterocycles. The van der Waals surface area contributed by atoms with Crippen LogP contribution in [0, 0.1) is 0 Å². The Morgan fingerprint density at radius 1 is 1.17 bits per heavy atom. The van der Waals surface area contributed by atoms with E-state index in [1.807, 2.05) is 59.7 Å². The number of carbonyl (C=O) groups is 1. The SMILES string of the molecule is CC(C)OC(=O)N1CCC(c2nc3cc(B4OC(C)(C)C(C)(C)O4)ccc3o2)CC1. The van der Waals surface area contributed by atoms with Crippen LogP contribution in [0.2, 0.25) is 0 Å². The van der Waals surface area contributed by atoms with Crippen molar-refractivity contribution in [1.29, 1.82) is 0 Å². The number of hydrogen-bond acceptors (Lipinski definition) is 6. The molecule has 0 spiro atoms. The fourth-order valence-corrected chi connectivity index (χ4v) is 3.85. The van der Waals surface area contributed by atoms with E-state index < -0.39 is 7.12 Å². The highest BCUT2D eigenvalue weighted by Crippen LogP contribution is 2.37. The number of amides is 1. The third kappa shape index (κ3) is 3.95. The lowest BCUT2D eigenvalue weighted by Crippen LogP contribution is -2.41. The van der Waals surface area contributed by atoms with Crippen molar-refractivity contribution >= 4 is 29.8 Å². The first-order valence-electron chi connectivity index (χ1n) is 10.8. The number of aromatic nitrogens is 1. The molecule has 0 radical (unpaired) electrons. The zero-order valence-electron chi connectivity index (χ0n) is 18.7. The molecule has 2 aromatic rings. The summed E-state index contributed by atoms with van der Waals surface area (Å²) in [7, 11) is -0.422. The number of carbonyl (C=O) groups excluding carboxylic acids is 1. The molecule has 0 unspecified atom stereocenters. The average molecular weight is 414 g/mol. The van der Waals surface area contributed by atoms with Crippen molar-refractivity contribution in [1.82, 2.24) is 9.88 Å². The fourth-order valence-electron chi connectivity index (χ4n) is 3.85. The first kappa shape index (κ1) is 21.2. The maximum absolute atomic E-state index is 12.1. The van der Waals surface area contributed by atoms with Crippen LogP contribution in [0.5, 0.6) is 0 Å². The third-order valence-electron chi connectivity index (χ3n) is 6.39. The van der Waals surface area contributed by atoms with Crippen molar-refractivity contribution in [2.45, 2.75) is 77.6 Å². The van der Waals surface area contributed by atoms with Crippen molar-refractivity contribution in [3.05, 3.63) is 24.1 Å². The Morgan fingerprint density at radius 2 is 1.80 bits per heavy atom. The van der Waals surface area contributed by atoms with Gasteiger partial charge in [-0.2, -0.15) is 0 Å². The molecule has 0 saturated carbocycles. The molecule has 0 aliphatic carbocycles. The molecule has 2 aliphatic rings. The van der Waals surface area contributed by atoms with Crippen LogP contribution >= 0.6 is 0 Å². The fraction of sp³-hybridized carbons (Fsp3) is 0.636. The maximum atomic E-state index is 12.1. The molecule has 0 atom stereocenters. The van der Waals surface area contributed by atoms with Gasteiger partial charge in [-0.1, -0.05) is 6.07 Å². The van der Waals surface area contributed by atoms with E-state index >= 15 is 0 Å². The second-order valence-corrected chi connectivity index (χ2v) is 9.56. The Labute approximate surface area is 178 Å². The van der Waals surface area contributed by atoms with Crippen LogP contribution in [0.1, 0.15) is 66.2 Å². The zero-order valence-corrected chi connectivity index (χ0v) is 18.7. The van der Waals surface area contributed by atoms with Gasteiger partial charge in [0.2, 0.25) is 0 Å². The lowest BCUT2D eigenvalue weighted by molar-refractivity contribution is 0.00578. The number of nitrogens with zero attached hydrogens (tertiary/aromatic N) is 2. The zero-order chi connectivity index (χ0) is 21.7. The molecular weight excluding hydrogens is 383 g/mol. The van der Waals surface area contributed by atoms with Crippen LogP contribution in [0.3, 0.4) is 0 Å². The number of benzene rings is 1. The highest BCUT2D eigenvalue weighted by molar-refractivity contribution is 6.62. The molecule has 2 saturated heterocycles. The third-order valence-corrected chi connectivity index (χ3v) is 6.39. The largest absolute Gasteiger partial charge is 0.494 e. The van der Waals surface area contributed by atoms with Crippen LogP contribution in [-0.2, 0) is 14.0 Å². The maximum Gasteiger partial charge on any atom is 0.494 e. The Balaban J connectivity index is 1.46. The highest BCUT2D eigenvalue weighted by atomic mass is 16.7. The van der Waals surface area contributed by atoms with E-state index in [0.717, 1.165) is 35.3 Å². The topological polar surface area (TPSA) is 74.0 Å². The number of piperidine rings is 1. The quantitative estimate of drug-likeness (QED) is 0.711. The Kier molecular flexibility index (Phi) is 5.35. The molecule has 0 bridgehead atoms. The molecule has 162 valence electrons. The van der Waals surface area contributed by atoms with Crippen LogP contribution in [0.15, 0.2) is 22.6 Å². The summed E-state index contributed by atoms with van der Waals surface area (Å²) in [6.45, 7) is 13.2. The number of likely N-dealkylation sites (tertiary alicyclic amines) is 1. The van der Waals surface area contributed by atoms with Gasteiger partial charge in [-0.05, 0) is 72.0 Å². The van der Waals surface area contributed by atoms with Gasteiger partial charge in [-0.15, -0.1) is 0 Å². The monoisotopic (exact) mass is 414 g/mol. The first-order valence-corrected chi connectivity index (χ1v) is 10.8. The van der Waals surface area contributed by atoms with Crippen LogP contribution < -0.4 is 5.46 Å². The van der Waals surface area contributed by atoms with Gasteiger partial charge in [-0.25, -0.2) is 9.78 Å².